The molecule has 22 heavy (non-hydrogen) atoms. The number of hydrogen-bond donors (Lipinski definition) is 0. The third-order valence-electron chi connectivity index (χ3n) is 2.75. The third kappa shape index (κ3) is 13.9. The molecule has 0 unspecified atom stereocenters. The Morgan fingerprint density at radius 3 is 1.95 bits per heavy atom. The summed E-state index contributed by atoms with van der Waals surface area (Å²) in [5.74, 6) is 0. The first-order valence-electron chi connectivity index (χ1n) is 8.14. The van der Waals surface area contributed by atoms with Crippen LogP contribution in [0.5, 0.6) is 0 Å². The van der Waals surface area contributed by atoms with Crippen LogP contribution in [0.2, 0.25) is 51.9 Å². The molecule has 0 radical (unpaired) electrons. The zero-order valence-corrected chi connectivity index (χ0v) is 18.7. The minimum Gasteiger partial charge on any atom is -0.437 e. The van der Waals surface area contributed by atoms with Crippen LogP contribution < -0.4 is 0 Å². The van der Waals surface area contributed by atoms with E-state index in [4.69, 9.17) is 17.7 Å². The molecule has 0 fully saturated rings. The van der Waals surface area contributed by atoms with E-state index in [1.165, 1.54) is 0 Å². The summed E-state index contributed by atoms with van der Waals surface area (Å²) in [6.45, 7) is 21.8. The van der Waals surface area contributed by atoms with E-state index < -0.39 is 25.2 Å². The standard InChI is InChI=1S/C15H36O4Si3/c1-9-11-16-13-14-17-12-10-15-21(5,6)19-22(7,8)18-20(2,3)4/h9H,1,10-15H2,2-8H3. The maximum Gasteiger partial charge on any atom is 0.311 e. The van der Waals surface area contributed by atoms with E-state index in [1.807, 2.05) is 0 Å². The fourth-order valence-electron chi connectivity index (χ4n) is 2.46. The third-order valence-corrected chi connectivity index (χ3v) is 12.9. The molecule has 0 spiro atoms. The molecular weight excluding hydrogens is 328 g/mol. The molecule has 0 aromatic heterocycles. The van der Waals surface area contributed by atoms with Crippen molar-refractivity contribution in [2.24, 2.45) is 0 Å². The van der Waals surface area contributed by atoms with Crippen LogP contribution in [0.25, 0.3) is 0 Å². The lowest BCUT2D eigenvalue weighted by atomic mass is 10.5. The molecule has 0 saturated heterocycles. The second-order valence-corrected chi connectivity index (χ2v) is 20.2. The molecule has 0 rings (SSSR count). The van der Waals surface area contributed by atoms with Gasteiger partial charge in [-0.05, 0) is 58.3 Å². The van der Waals surface area contributed by atoms with Gasteiger partial charge >= 0.3 is 8.56 Å². The Kier molecular flexibility index (Phi) is 10.3. The molecule has 0 bridgehead atoms. The molecule has 0 saturated carbocycles. The van der Waals surface area contributed by atoms with Crippen molar-refractivity contribution in [2.45, 2.75) is 58.3 Å². The van der Waals surface area contributed by atoms with Crippen LogP contribution in [0.3, 0.4) is 0 Å². The molecule has 0 aliphatic heterocycles. The summed E-state index contributed by atoms with van der Waals surface area (Å²) >= 11 is 0. The number of rotatable bonds is 13. The molecule has 0 aliphatic rings. The molecule has 0 aromatic carbocycles. The average molecular weight is 365 g/mol. The molecular formula is C15H36O4Si3. The van der Waals surface area contributed by atoms with Crippen molar-refractivity contribution in [3.63, 3.8) is 0 Å². The zero-order chi connectivity index (χ0) is 17.3. The van der Waals surface area contributed by atoms with Crippen molar-refractivity contribution in [3.8, 4) is 0 Å². The van der Waals surface area contributed by atoms with Crippen molar-refractivity contribution in [2.75, 3.05) is 26.4 Å². The van der Waals surface area contributed by atoms with Gasteiger partial charge in [0.05, 0.1) is 19.8 Å². The molecule has 0 N–H and O–H groups in total. The summed E-state index contributed by atoms with van der Waals surface area (Å²) in [5, 5.41) is 0. The van der Waals surface area contributed by atoms with E-state index in [0.29, 0.717) is 19.8 Å². The van der Waals surface area contributed by atoms with E-state index in [0.717, 1.165) is 19.1 Å². The predicted molar refractivity (Wildman–Crippen MR) is 102 cm³/mol. The van der Waals surface area contributed by atoms with Gasteiger partial charge in [-0.1, -0.05) is 6.08 Å². The first kappa shape index (κ1) is 22.2. The van der Waals surface area contributed by atoms with Gasteiger partial charge in [-0.3, -0.25) is 0 Å². The van der Waals surface area contributed by atoms with Crippen molar-refractivity contribution in [1.82, 2.24) is 0 Å². The van der Waals surface area contributed by atoms with E-state index in [2.05, 4.69) is 52.4 Å². The Bertz CT molecular complexity index is 314. The van der Waals surface area contributed by atoms with Gasteiger partial charge in [0.1, 0.15) is 0 Å². The minimum absolute atomic E-state index is 0.591. The number of hydrogen-bond acceptors (Lipinski definition) is 4. The topological polar surface area (TPSA) is 36.9 Å². The maximum atomic E-state index is 6.46. The van der Waals surface area contributed by atoms with Gasteiger partial charge in [-0.25, -0.2) is 0 Å². The molecule has 0 amide bonds. The van der Waals surface area contributed by atoms with Crippen molar-refractivity contribution < 1.29 is 17.7 Å². The lowest BCUT2D eigenvalue weighted by Crippen LogP contribution is -2.51. The molecule has 0 atom stereocenters. The molecule has 0 aromatic rings. The Morgan fingerprint density at radius 1 is 0.818 bits per heavy atom. The average Bonchev–Trinajstić information content (AvgIpc) is 2.27. The van der Waals surface area contributed by atoms with Gasteiger partial charge in [0.2, 0.25) is 0 Å². The Balaban J connectivity index is 3.92. The van der Waals surface area contributed by atoms with E-state index in [9.17, 15) is 0 Å². The van der Waals surface area contributed by atoms with Gasteiger partial charge in [0.15, 0.2) is 16.6 Å². The molecule has 0 aliphatic carbocycles. The van der Waals surface area contributed by atoms with Gasteiger partial charge in [-0.15, -0.1) is 6.58 Å². The Hall–Kier alpha value is 0.231. The minimum atomic E-state index is -2.01. The van der Waals surface area contributed by atoms with E-state index in [1.54, 1.807) is 6.08 Å². The molecule has 4 nitrogen and oxygen atoms in total. The smallest absolute Gasteiger partial charge is 0.311 e. The van der Waals surface area contributed by atoms with Crippen molar-refractivity contribution in [3.05, 3.63) is 12.7 Å². The summed E-state index contributed by atoms with van der Waals surface area (Å²) in [4.78, 5) is 0. The molecule has 132 valence electrons. The zero-order valence-electron chi connectivity index (χ0n) is 15.7. The fraction of sp³-hybridized carbons (Fsp3) is 0.867. The Morgan fingerprint density at radius 2 is 1.41 bits per heavy atom. The molecule has 7 heteroatoms. The van der Waals surface area contributed by atoms with Crippen LogP contribution in [-0.2, 0) is 17.7 Å². The van der Waals surface area contributed by atoms with Crippen LogP contribution >= 0.6 is 0 Å². The van der Waals surface area contributed by atoms with Crippen molar-refractivity contribution in [1.29, 1.82) is 0 Å². The Labute approximate surface area is 140 Å². The van der Waals surface area contributed by atoms with Crippen LogP contribution in [-0.4, -0.2) is 51.6 Å². The van der Waals surface area contributed by atoms with E-state index >= 15 is 0 Å². The van der Waals surface area contributed by atoms with Gasteiger partial charge in [0.25, 0.3) is 0 Å². The summed E-state index contributed by atoms with van der Waals surface area (Å²) < 4.78 is 23.6. The second-order valence-electron chi connectivity index (χ2n) is 7.56. The van der Waals surface area contributed by atoms with Gasteiger partial charge < -0.3 is 17.7 Å². The highest BCUT2D eigenvalue weighted by Gasteiger charge is 2.37. The largest absolute Gasteiger partial charge is 0.437 e. The van der Waals surface area contributed by atoms with Crippen LogP contribution in [0.1, 0.15) is 6.42 Å². The summed E-state index contributed by atoms with van der Waals surface area (Å²) in [5.41, 5.74) is 0. The normalized spacial score (nSPS) is 13.4. The second kappa shape index (κ2) is 10.2. The summed E-state index contributed by atoms with van der Waals surface area (Å²) in [6, 6.07) is 1.10. The first-order valence-corrected chi connectivity index (χ1v) is 17.5. The van der Waals surface area contributed by atoms with Gasteiger partial charge in [0, 0.05) is 6.61 Å². The summed E-state index contributed by atoms with van der Waals surface area (Å²) in [7, 11) is -5.24. The predicted octanol–water partition coefficient (Wildman–Crippen LogP) is 4.37. The summed E-state index contributed by atoms with van der Waals surface area (Å²) in [6.07, 6.45) is 2.79. The van der Waals surface area contributed by atoms with Crippen LogP contribution in [0, 0.1) is 0 Å². The lowest BCUT2D eigenvalue weighted by Gasteiger charge is -2.37. The van der Waals surface area contributed by atoms with Crippen molar-refractivity contribution >= 4 is 25.2 Å². The quantitative estimate of drug-likeness (QED) is 0.276. The highest BCUT2D eigenvalue weighted by Crippen LogP contribution is 2.23. The van der Waals surface area contributed by atoms with Crippen LogP contribution in [0.15, 0.2) is 12.7 Å². The molecule has 0 heterocycles. The van der Waals surface area contributed by atoms with Gasteiger partial charge in [-0.2, -0.15) is 0 Å². The number of ether oxygens (including phenoxy) is 2. The van der Waals surface area contributed by atoms with Crippen LogP contribution in [0.4, 0.5) is 0 Å². The first-order chi connectivity index (χ1) is 9.97. The highest BCUT2D eigenvalue weighted by molar-refractivity contribution is 6.87. The monoisotopic (exact) mass is 364 g/mol. The highest BCUT2D eigenvalue weighted by atomic mass is 28.5. The lowest BCUT2D eigenvalue weighted by molar-refractivity contribution is 0.0585. The fourth-order valence-corrected chi connectivity index (χ4v) is 15.6. The SMILES string of the molecule is C=CCOCCOCCC[Si](C)(C)O[Si](C)(C)O[Si](C)(C)C. The maximum absolute atomic E-state index is 6.46. The van der Waals surface area contributed by atoms with E-state index in [-0.39, 0.29) is 0 Å².